The third kappa shape index (κ3) is 3.42. The van der Waals surface area contributed by atoms with Crippen LogP contribution in [-0.4, -0.2) is 30.3 Å². The summed E-state index contributed by atoms with van der Waals surface area (Å²) in [5.41, 5.74) is 0.736. The lowest BCUT2D eigenvalue weighted by atomic mass is 10.2. The molecule has 0 saturated heterocycles. The van der Waals surface area contributed by atoms with Gasteiger partial charge in [-0.3, -0.25) is 0 Å². The maximum Gasteiger partial charge on any atom is 0.337 e. The van der Waals surface area contributed by atoms with Crippen LogP contribution in [0.4, 0.5) is 0 Å². The molecule has 21 heavy (non-hydrogen) atoms. The monoisotopic (exact) mass is 289 g/mol. The van der Waals surface area contributed by atoms with E-state index >= 15 is 0 Å². The molecule has 2 rings (SSSR count). The van der Waals surface area contributed by atoms with Gasteiger partial charge in [0.25, 0.3) is 0 Å². The van der Waals surface area contributed by atoms with Crippen LogP contribution < -0.4 is 14.2 Å². The van der Waals surface area contributed by atoms with Crippen LogP contribution in [0.1, 0.15) is 15.9 Å². The molecule has 0 aliphatic heterocycles. The minimum Gasteiger partial charge on any atom is -0.496 e. The molecular weight excluding hydrogens is 274 g/mol. The van der Waals surface area contributed by atoms with Gasteiger partial charge < -0.3 is 19.3 Å². The molecule has 1 aromatic heterocycles. The molecule has 0 spiro atoms. The molecule has 0 unspecified atom stereocenters. The molecule has 0 fully saturated rings. The molecule has 0 atom stereocenters. The zero-order valence-corrected chi connectivity index (χ0v) is 11.9. The van der Waals surface area contributed by atoms with E-state index in [0.29, 0.717) is 28.7 Å². The van der Waals surface area contributed by atoms with Gasteiger partial charge in [0.15, 0.2) is 0 Å². The van der Waals surface area contributed by atoms with Gasteiger partial charge in [0.1, 0.15) is 17.2 Å². The summed E-state index contributed by atoms with van der Waals surface area (Å²) in [7, 11) is 3.09. The number of hydrogen-bond acceptors (Lipinski definition) is 5. The van der Waals surface area contributed by atoms with Crippen LogP contribution in [0, 0.1) is 6.92 Å². The van der Waals surface area contributed by atoms with E-state index in [1.165, 1.54) is 12.3 Å². The van der Waals surface area contributed by atoms with Crippen LogP contribution >= 0.6 is 0 Å². The molecule has 1 N–H and O–H groups in total. The Bertz CT molecular complexity index is 647. The molecule has 0 amide bonds. The van der Waals surface area contributed by atoms with E-state index in [9.17, 15) is 4.79 Å². The van der Waals surface area contributed by atoms with Crippen molar-refractivity contribution < 1.29 is 24.1 Å². The maximum absolute atomic E-state index is 10.9. The number of hydrogen-bond donors (Lipinski definition) is 1. The zero-order chi connectivity index (χ0) is 15.4. The fourth-order valence-electron chi connectivity index (χ4n) is 1.74. The Balaban J connectivity index is 2.31. The van der Waals surface area contributed by atoms with Crippen LogP contribution in [0.2, 0.25) is 0 Å². The largest absolute Gasteiger partial charge is 0.496 e. The highest BCUT2D eigenvalue weighted by Gasteiger charge is 2.10. The van der Waals surface area contributed by atoms with Crippen LogP contribution in [0.5, 0.6) is 23.1 Å². The number of aromatic nitrogens is 1. The van der Waals surface area contributed by atoms with E-state index in [2.05, 4.69) is 4.98 Å². The number of methoxy groups -OCH3 is 2. The molecule has 1 heterocycles. The third-order valence-corrected chi connectivity index (χ3v) is 2.82. The van der Waals surface area contributed by atoms with Crippen LogP contribution in [0.3, 0.4) is 0 Å². The lowest BCUT2D eigenvalue weighted by molar-refractivity contribution is 0.0696. The van der Waals surface area contributed by atoms with E-state index in [1.807, 2.05) is 0 Å². The van der Waals surface area contributed by atoms with Crippen LogP contribution in [-0.2, 0) is 0 Å². The molecule has 6 heteroatoms. The SMILES string of the molecule is COc1cc(OC)cc(Oc2ncc(C(=O)O)cc2C)c1. The van der Waals surface area contributed by atoms with Crippen molar-refractivity contribution in [1.29, 1.82) is 0 Å². The molecule has 0 radical (unpaired) electrons. The molecule has 2 aromatic rings. The summed E-state index contributed by atoms with van der Waals surface area (Å²) in [6.07, 6.45) is 1.25. The van der Waals surface area contributed by atoms with E-state index in [4.69, 9.17) is 19.3 Å². The highest BCUT2D eigenvalue weighted by atomic mass is 16.5. The highest BCUT2D eigenvalue weighted by Crippen LogP contribution is 2.31. The first kappa shape index (κ1) is 14.6. The average molecular weight is 289 g/mol. The summed E-state index contributed by atoms with van der Waals surface area (Å²) < 4.78 is 16.0. The molecule has 0 aliphatic carbocycles. The van der Waals surface area contributed by atoms with Crippen molar-refractivity contribution in [3.8, 4) is 23.1 Å². The number of ether oxygens (including phenoxy) is 3. The summed E-state index contributed by atoms with van der Waals surface area (Å²) >= 11 is 0. The Morgan fingerprint density at radius 2 is 1.62 bits per heavy atom. The molecule has 6 nitrogen and oxygen atoms in total. The normalized spacial score (nSPS) is 10.0. The van der Waals surface area contributed by atoms with Gasteiger partial charge in [-0.15, -0.1) is 0 Å². The van der Waals surface area contributed by atoms with Gasteiger partial charge in [0.2, 0.25) is 5.88 Å². The zero-order valence-electron chi connectivity index (χ0n) is 11.9. The van der Waals surface area contributed by atoms with Crippen molar-refractivity contribution in [2.45, 2.75) is 6.92 Å². The Morgan fingerprint density at radius 3 is 2.10 bits per heavy atom. The number of aromatic carboxylic acids is 1. The van der Waals surface area contributed by atoms with Crippen molar-refractivity contribution in [3.05, 3.63) is 41.6 Å². The molecule has 1 aromatic carbocycles. The van der Waals surface area contributed by atoms with Gasteiger partial charge in [-0.1, -0.05) is 0 Å². The topological polar surface area (TPSA) is 77.9 Å². The van der Waals surface area contributed by atoms with Gasteiger partial charge >= 0.3 is 5.97 Å². The minimum atomic E-state index is -1.03. The van der Waals surface area contributed by atoms with Gasteiger partial charge in [-0.25, -0.2) is 9.78 Å². The number of carbonyl (C=O) groups is 1. The van der Waals surface area contributed by atoms with E-state index in [-0.39, 0.29) is 5.56 Å². The fourth-order valence-corrected chi connectivity index (χ4v) is 1.74. The summed E-state index contributed by atoms with van der Waals surface area (Å²) in [4.78, 5) is 14.9. The molecule has 0 saturated carbocycles. The van der Waals surface area contributed by atoms with Crippen molar-refractivity contribution in [2.75, 3.05) is 14.2 Å². The highest BCUT2D eigenvalue weighted by molar-refractivity contribution is 5.87. The Labute approximate surface area is 121 Å². The van der Waals surface area contributed by atoms with E-state index < -0.39 is 5.97 Å². The molecule has 0 aliphatic rings. The predicted octanol–water partition coefficient (Wildman–Crippen LogP) is 2.90. The number of carboxylic acid groups (broad SMARTS) is 1. The quantitative estimate of drug-likeness (QED) is 0.911. The van der Waals surface area contributed by atoms with E-state index in [0.717, 1.165) is 0 Å². The van der Waals surface area contributed by atoms with E-state index in [1.54, 1.807) is 39.3 Å². The second-order valence-electron chi connectivity index (χ2n) is 4.30. The number of rotatable bonds is 5. The summed E-state index contributed by atoms with van der Waals surface area (Å²) in [5.74, 6) is 0.966. The maximum atomic E-state index is 10.9. The first-order valence-electron chi connectivity index (χ1n) is 6.14. The van der Waals surface area contributed by atoms with Gasteiger partial charge in [0, 0.05) is 30.0 Å². The second kappa shape index (κ2) is 6.13. The standard InChI is InChI=1S/C15H15NO5/c1-9-4-10(15(17)18)8-16-14(9)21-13-6-11(19-2)5-12(7-13)20-3/h4-8H,1-3H3,(H,17,18). The molecular formula is C15H15NO5. The van der Waals surface area contributed by atoms with Crippen molar-refractivity contribution in [1.82, 2.24) is 4.98 Å². The minimum absolute atomic E-state index is 0.114. The first-order valence-corrected chi connectivity index (χ1v) is 6.14. The van der Waals surface area contributed by atoms with Crippen molar-refractivity contribution in [3.63, 3.8) is 0 Å². The predicted molar refractivity (Wildman–Crippen MR) is 75.6 cm³/mol. The summed E-state index contributed by atoms with van der Waals surface area (Å²) in [5, 5.41) is 8.91. The number of pyridine rings is 1. The first-order chi connectivity index (χ1) is 10.0. The Hall–Kier alpha value is -2.76. The lowest BCUT2D eigenvalue weighted by Crippen LogP contribution is -2.00. The van der Waals surface area contributed by atoms with Crippen molar-refractivity contribution in [2.24, 2.45) is 0 Å². The molecule has 0 bridgehead atoms. The fraction of sp³-hybridized carbons (Fsp3) is 0.200. The number of carboxylic acids is 1. The Kier molecular flexibility index (Phi) is 4.27. The van der Waals surface area contributed by atoms with Crippen LogP contribution in [0.15, 0.2) is 30.5 Å². The summed E-state index contributed by atoms with van der Waals surface area (Å²) in [6, 6.07) is 6.60. The van der Waals surface area contributed by atoms with Gasteiger partial charge in [0.05, 0.1) is 19.8 Å². The number of nitrogens with zero attached hydrogens (tertiary/aromatic N) is 1. The smallest absolute Gasteiger partial charge is 0.337 e. The lowest BCUT2D eigenvalue weighted by Gasteiger charge is -2.11. The van der Waals surface area contributed by atoms with Crippen LogP contribution in [0.25, 0.3) is 0 Å². The molecule has 110 valence electrons. The number of aryl methyl sites for hydroxylation is 1. The van der Waals surface area contributed by atoms with Crippen molar-refractivity contribution >= 4 is 5.97 Å². The second-order valence-corrected chi connectivity index (χ2v) is 4.30. The Morgan fingerprint density at radius 1 is 1.05 bits per heavy atom. The number of benzene rings is 1. The van der Waals surface area contributed by atoms with Gasteiger partial charge in [-0.05, 0) is 13.0 Å². The third-order valence-electron chi connectivity index (χ3n) is 2.82. The van der Waals surface area contributed by atoms with Gasteiger partial charge in [-0.2, -0.15) is 0 Å². The summed E-state index contributed by atoms with van der Waals surface area (Å²) in [6.45, 7) is 1.73. The average Bonchev–Trinajstić information content (AvgIpc) is 2.48.